The van der Waals surface area contributed by atoms with Crippen LogP contribution < -0.4 is 19.5 Å². The SMILES string of the molecule is CC[C@@H](Oc1ccccc1)[C@@H](Cc1ccccc1)[C@H](C)OC(=O)[C@H](C)NC(=O)c1nccc(OC)c1OCOC(C)=O. The second-order valence-corrected chi connectivity index (χ2v) is 9.66. The van der Waals surface area contributed by atoms with E-state index in [4.69, 9.17) is 23.7 Å². The highest BCUT2D eigenvalue weighted by molar-refractivity contribution is 5.98. The van der Waals surface area contributed by atoms with Crippen LogP contribution in [-0.2, 0) is 25.5 Å². The monoisotopic (exact) mass is 578 g/mol. The Hall–Kier alpha value is -4.60. The van der Waals surface area contributed by atoms with E-state index in [1.54, 1.807) is 0 Å². The van der Waals surface area contributed by atoms with Crippen molar-refractivity contribution in [2.75, 3.05) is 13.9 Å². The first kappa shape index (κ1) is 31.9. The van der Waals surface area contributed by atoms with E-state index in [9.17, 15) is 14.4 Å². The molecule has 224 valence electrons. The predicted octanol–water partition coefficient (Wildman–Crippen LogP) is 4.76. The molecule has 0 bridgehead atoms. The maximum absolute atomic E-state index is 13.2. The van der Waals surface area contributed by atoms with Gasteiger partial charge in [-0.25, -0.2) is 9.78 Å². The quantitative estimate of drug-likeness (QED) is 0.201. The molecule has 2 aromatic carbocycles. The Labute approximate surface area is 246 Å². The normalized spacial score (nSPS) is 13.5. The molecular formula is C32H38N2O8. The zero-order chi connectivity index (χ0) is 30.5. The van der Waals surface area contributed by atoms with Crippen LogP contribution in [-0.4, -0.2) is 55.0 Å². The van der Waals surface area contributed by atoms with Gasteiger partial charge in [0, 0.05) is 25.1 Å². The van der Waals surface area contributed by atoms with E-state index in [0.717, 1.165) is 11.3 Å². The Morgan fingerprint density at radius 2 is 1.62 bits per heavy atom. The number of carbonyl (C=O) groups is 3. The number of hydrogen-bond donors (Lipinski definition) is 1. The summed E-state index contributed by atoms with van der Waals surface area (Å²) in [7, 11) is 1.40. The van der Waals surface area contributed by atoms with Crippen molar-refractivity contribution < 1.29 is 38.1 Å². The van der Waals surface area contributed by atoms with Gasteiger partial charge in [0.05, 0.1) is 7.11 Å². The summed E-state index contributed by atoms with van der Waals surface area (Å²) < 4.78 is 27.8. The molecule has 1 amide bonds. The molecule has 10 heteroatoms. The van der Waals surface area contributed by atoms with Gasteiger partial charge in [-0.15, -0.1) is 0 Å². The first-order valence-electron chi connectivity index (χ1n) is 13.8. The number of aromatic nitrogens is 1. The molecule has 0 radical (unpaired) electrons. The molecule has 1 N–H and O–H groups in total. The van der Waals surface area contributed by atoms with Gasteiger partial charge in [0.15, 0.2) is 17.2 Å². The highest BCUT2D eigenvalue weighted by Gasteiger charge is 2.32. The van der Waals surface area contributed by atoms with E-state index >= 15 is 0 Å². The highest BCUT2D eigenvalue weighted by atomic mass is 16.7. The molecule has 10 nitrogen and oxygen atoms in total. The topological polar surface area (TPSA) is 122 Å². The summed E-state index contributed by atoms with van der Waals surface area (Å²) in [5.74, 6) is -1.13. The number of carbonyl (C=O) groups excluding carboxylic acids is 3. The lowest BCUT2D eigenvalue weighted by atomic mass is 9.88. The summed E-state index contributed by atoms with van der Waals surface area (Å²) in [5.41, 5.74) is 0.950. The Bertz CT molecular complexity index is 1300. The summed E-state index contributed by atoms with van der Waals surface area (Å²) in [6.45, 7) is 6.18. The maximum atomic E-state index is 13.2. The Balaban J connectivity index is 1.73. The number of hydrogen-bond acceptors (Lipinski definition) is 9. The van der Waals surface area contributed by atoms with Gasteiger partial charge in [-0.3, -0.25) is 9.59 Å². The van der Waals surface area contributed by atoms with Crippen molar-refractivity contribution in [3.8, 4) is 17.2 Å². The first-order valence-corrected chi connectivity index (χ1v) is 13.8. The fourth-order valence-electron chi connectivity index (χ4n) is 4.39. The standard InChI is InChI=1S/C32H38N2O8/c1-6-27(42-25-15-11-8-12-16-25)26(19-24-13-9-7-10-14-24)22(3)41-32(37)21(2)34-31(36)29-30(40-20-39-23(4)35)28(38-5)17-18-33-29/h7-18,21-22,26-27H,6,19-20H2,1-5H3,(H,34,36)/t21-,22-,26-,27+/m0/s1. The van der Waals surface area contributed by atoms with E-state index in [1.165, 1.54) is 33.2 Å². The smallest absolute Gasteiger partial charge is 0.328 e. The number of pyridine rings is 1. The molecule has 0 aliphatic rings. The molecule has 0 aliphatic carbocycles. The van der Waals surface area contributed by atoms with Crippen molar-refractivity contribution in [2.45, 2.75) is 58.8 Å². The van der Waals surface area contributed by atoms with E-state index in [1.807, 2.05) is 74.5 Å². The van der Waals surface area contributed by atoms with E-state index in [2.05, 4.69) is 10.3 Å². The van der Waals surface area contributed by atoms with Crippen LogP contribution in [0.4, 0.5) is 0 Å². The van der Waals surface area contributed by atoms with Crippen molar-refractivity contribution in [2.24, 2.45) is 5.92 Å². The van der Waals surface area contributed by atoms with Crippen LogP contribution >= 0.6 is 0 Å². The second-order valence-electron chi connectivity index (χ2n) is 9.66. The number of rotatable bonds is 15. The van der Waals surface area contributed by atoms with Crippen LogP contribution in [0.2, 0.25) is 0 Å². The van der Waals surface area contributed by atoms with Gasteiger partial charge in [0.2, 0.25) is 6.79 Å². The van der Waals surface area contributed by atoms with Crippen LogP contribution in [0.3, 0.4) is 0 Å². The zero-order valence-corrected chi connectivity index (χ0v) is 24.6. The van der Waals surface area contributed by atoms with Gasteiger partial charge in [-0.05, 0) is 44.4 Å². The maximum Gasteiger partial charge on any atom is 0.328 e. The number of methoxy groups -OCH3 is 1. The van der Waals surface area contributed by atoms with Crippen molar-refractivity contribution >= 4 is 17.8 Å². The minimum absolute atomic E-state index is 0.0283. The van der Waals surface area contributed by atoms with Gasteiger partial charge in [-0.2, -0.15) is 0 Å². The molecule has 42 heavy (non-hydrogen) atoms. The molecule has 3 aromatic rings. The average Bonchev–Trinajstić information content (AvgIpc) is 2.99. The average molecular weight is 579 g/mol. The van der Waals surface area contributed by atoms with Crippen molar-refractivity contribution in [1.82, 2.24) is 10.3 Å². The summed E-state index contributed by atoms with van der Waals surface area (Å²) in [5, 5.41) is 2.61. The number of amides is 1. The number of ether oxygens (including phenoxy) is 5. The number of para-hydroxylation sites is 1. The minimum atomic E-state index is -1.01. The summed E-state index contributed by atoms with van der Waals surface area (Å²) in [4.78, 5) is 41.5. The molecule has 0 spiro atoms. The van der Waals surface area contributed by atoms with Gasteiger partial charge in [0.1, 0.15) is 24.0 Å². The molecule has 0 saturated heterocycles. The molecule has 1 aromatic heterocycles. The van der Waals surface area contributed by atoms with Crippen molar-refractivity contribution in [3.63, 3.8) is 0 Å². The molecular weight excluding hydrogens is 540 g/mol. The van der Waals surface area contributed by atoms with Crippen LogP contribution in [0.25, 0.3) is 0 Å². The van der Waals surface area contributed by atoms with E-state index < -0.39 is 36.8 Å². The largest absolute Gasteiger partial charge is 0.493 e. The lowest BCUT2D eigenvalue weighted by Gasteiger charge is -2.32. The fourth-order valence-corrected chi connectivity index (χ4v) is 4.39. The highest BCUT2D eigenvalue weighted by Crippen LogP contribution is 2.30. The summed E-state index contributed by atoms with van der Waals surface area (Å²) in [6, 6.07) is 20.0. The molecule has 3 rings (SSSR count). The van der Waals surface area contributed by atoms with E-state index in [0.29, 0.717) is 12.8 Å². The lowest BCUT2D eigenvalue weighted by Crippen LogP contribution is -2.44. The summed E-state index contributed by atoms with van der Waals surface area (Å²) in [6.07, 6.45) is 1.90. The van der Waals surface area contributed by atoms with Crippen LogP contribution in [0.5, 0.6) is 17.2 Å². The van der Waals surface area contributed by atoms with Gasteiger partial charge in [-0.1, -0.05) is 55.5 Å². The number of nitrogens with zero attached hydrogens (tertiary/aromatic N) is 1. The van der Waals surface area contributed by atoms with Gasteiger partial charge >= 0.3 is 11.9 Å². The Morgan fingerprint density at radius 3 is 2.24 bits per heavy atom. The number of esters is 2. The first-order chi connectivity index (χ1) is 20.2. The zero-order valence-electron chi connectivity index (χ0n) is 24.6. The van der Waals surface area contributed by atoms with Crippen LogP contribution in [0, 0.1) is 5.92 Å². The third-order valence-corrected chi connectivity index (χ3v) is 6.60. The molecule has 0 aliphatic heterocycles. The molecule has 4 atom stereocenters. The second kappa shape index (κ2) is 16.0. The Kier molecular flexibility index (Phi) is 12.2. The Morgan fingerprint density at radius 1 is 0.952 bits per heavy atom. The third-order valence-electron chi connectivity index (χ3n) is 6.60. The minimum Gasteiger partial charge on any atom is -0.493 e. The van der Waals surface area contributed by atoms with E-state index in [-0.39, 0.29) is 29.2 Å². The molecule has 0 saturated carbocycles. The van der Waals surface area contributed by atoms with Crippen LogP contribution in [0.1, 0.15) is 50.2 Å². The van der Waals surface area contributed by atoms with Gasteiger partial charge in [0.25, 0.3) is 5.91 Å². The van der Waals surface area contributed by atoms with Crippen molar-refractivity contribution in [3.05, 3.63) is 84.2 Å². The van der Waals surface area contributed by atoms with Crippen LogP contribution in [0.15, 0.2) is 72.9 Å². The number of benzene rings is 2. The summed E-state index contributed by atoms with van der Waals surface area (Å²) >= 11 is 0. The molecule has 1 heterocycles. The lowest BCUT2D eigenvalue weighted by molar-refractivity contribution is -0.154. The molecule has 0 fully saturated rings. The third kappa shape index (κ3) is 9.22. The predicted molar refractivity (Wildman–Crippen MR) is 155 cm³/mol. The fraction of sp³-hybridized carbons (Fsp3) is 0.375. The van der Waals surface area contributed by atoms with Crippen molar-refractivity contribution in [1.29, 1.82) is 0 Å². The van der Waals surface area contributed by atoms with Gasteiger partial charge < -0.3 is 29.0 Å². The molecule has 0 unspecified atom stereocenters. The number of nitrogens with one attached hydrogen (secondary N) is 1.